The van der Waals surface area contributed by atoms with Crippen molar-refractivity contribution in [3.05, 3.63) is 40.9 Å². The molecule has 0 aliphatic carbocycles. The van der Waals surface area contributed by atoms with Gasteiger partial charge in [0.05, 0.1) is 4.47 Å². The molecule has 0 heterocycles. The standard InChI is InChI=1S/C13H13BrN2O2/c1-8(13(15)16-17)18-11-7-6-9-4-2-3-5-10(9)12(11)14/h2-8,17H,1H3,(H2,15,16). The number of benzene rings is 2. The number of fused-ring (bicyclic) bond motifs is 1. The molecule has 2 rings (SSSR count). The molecule has 2 aromatic rings. The molecule has 0 saturated carbocycles. The van der Waals surface area contributed by atoms with Crippen molar-refractivity contribution in [3.63, 3.8) is 0 Å². The minimum absolute atomic E-state index is 0.0371. The maximum Gasteiger partial charge on any atom is 0.180 e. The molecule has 2 aromatic carbocycles. The fourth-order valence-corrected chi connectivity index (χ4v) is 2.22. The summed E-state index contributed by atoms with van der Waals surface area (Å²) in [6.45, 7) is 1.72. The molecular weight excluding hydrogens is 296 g/mol. The van der Waals surface area contributed by atoms with Gasteiger partial charge in [-0.3, -0.25) is 0 Å². The SMILES string of the molecule is CC(Oc1ccc2ccccc2c1Br)C(N)=NO. The van der Waals surface area contributed by atoms with E-state index < -0.39 is 6.10 Å². The Morgan fingerprint density at radius 1 is 1.33 bits per heavy atom. The Hall–Kier alpha value is -1.75. The van der Waals surface area contributed by atoms with E-state index in [-0.39, 0.29) is 5.84 Å². The van der Waals surface area contributed by atoms with Crippen LogP contribution in [0.3, 0.4) is 0 Å². The van der Waals surface area contributed by atoms with Crippen LogP contribution in [0.15, 0.2) is 46.0 Å². The summed E-state index contributed by atoms with van der Waals surface area (Å²) in [5.74, 6) is 0.697. The predicted molar refractivity (Wildman–Crippen MR) is 75.1 cm³/mol. The lowest BCUT2D eigenvalue weighted by atomic mass is 10.1. The Morgan fingerprint density at radius 2 is 2.06 bits per heavy atom. The highest BCUT2D eigenvalue weighted by atomic mass is 79.9. The Kier molecular flexibility index (Phi) is 3.72. The first-order valence-electron chi connectivity index (χ1n) is 5.45. The fraction of sp³-hybridized carbons (Fsp3) is 0.154. The van der Waals surface area contributed by atoms with Crippen molar-refractivity contribution < 1.29 is 9.94 Å². The van der Waals surface area contributed by atoms with Gasteiger partial charge in [0, 0.05) is 0 Å². The van der Waals surface area contributed by atoms with Gasteiger partial charge in [-0.1, -0.05) is 35.5 Å². The summed E-state index contributed by atoms with van der Waals surface area (Å²) in [5.41, 5.74) is 5.49. The lowest BCUT2D eigenvalue weighted by Crippen LogP contribution is -2.31. The van der Waals surface area contributed by atoms with Gasteiger partial charge in [-0.05, 0) is 39.7 Å². The molecular formula is C13H13BrN2O2. The van der Waals surface area contributed by atoms with E-state index in [1.807, 2.05) is 36.4 Å². The van der Waals surface area contributed by atoms with Crippen LogP contribution < -0.4 is 10.5 Å². The summed E-state index contributed by atoms with van der Waals surface area (Å²) >= 11 is 3.51. The monoisotopic (exact) mass is 308 g/mol. The summed E-state index contributed by atoms with van der Waals surface area (Å²) < 4.78 is 6.50. The first kappa shape index (κ1) is 12.7. The Balaban J connectivity index is 2.38. The van der Waals surface area contributed by atoms with E-state index in [1.165, 1.54) is 0 Å². The van der Waals surface area contributed by atoms with Crippen molar-refractivity contribution in [1.82, 2.24) is 0 Å². The van der Waals surface area contributed by atoms with Crippen molar-refractivity contribution in [1.29, 1.82) is 0 Å². The molecule has 3 N–H and O–H groups in total. The van der Waals surface area contributed by atoms with Gasteiger partial charge in [0.15, 0.2) is 11.9 Å². The largest absolute Gasteiger partial charge is 0.481 e. The van der Waals surface area contributed by atoms with Crippen LogP contribution in [0, 0.1) is 0 Å². The molecule has 0 radical (unpaired) electrons. The van der Waals surface area contributed by atoms with Crippen LogP contribution in [-0.2, 0) is 0 Å². The van der Waals surface area contributed by atoms with E-state index in [0.29, 0.717) is 5.75 Å². The predicted octanol–water partition coefficient (Wildman–Crippen LogP) is 3.12. The van der Waals surface area contributed by atoms with Crippen LogP contribution >= 0.6 is 15.9 Å². The summed E-state index contributed by atoms with van der Waals surface area (Å²) in [6.07, 6.45) is -0.493. The number of oxime groups is 1. The molecule has 94 valence electrons. The third-order valence-corrected chi connectivity index (χ3v) is 3.48. The summed E-state index contributed by atoms with van der Waals surface area (Å²) in [6, 6.07) is 11.8. The zero-order valence-electron chi connectivity index (χ0n) is 9.80. The minimum atomic E-state index is -0.493. The van der Waals surface area contributed by atoms with Crippen molar-refractivity contribution in [3.8, 4) is 5.75 Å². The number of halogens is 1. The molecule has 0 spiro atoms. The normalized spacial score (nSPS) is 13.6. The number of nitrogens with zero attached hydrogens (tertiary/aromatic N) is 1. The highest BCUT2D eigenvalue weighted by molar-refractivity contribution is 9.10. The first-order chi connectivity index (χ1) is 8.63. The second-order valence-corrected chi connectivity index (χ2v) is 4.68. The van der Waals surface area contributed by atoms with Gasteiger partial charge in [-0.25, -0.2) is 0 Å². The van der Waals surface area contributed by atoms with Crippen LogP contribution in [0.1, 0.15) is 6.92 Å². The van der Waals surface area contributed by atoms with Crippen molar-refractivity contribution in [2.45, 2.75) is 13.0 Å². The first-order valence-corrected chi connectivity index (χ1v) is 6.24. The van der Waals surface area contributed by atoms with Gasteiger partial charge in [-0.15, -0.1) is 0 Å². The van der Waals surface area contributed by atoms with Gasteiger partial charge < -0.3 is 15.7 Å². The molecule has 0 saturated heterocycles. The number of ether oxygens (including phenoxy) is 1. The summed E-state index contributed by atoms with van der Waals surface area (Å²) in [7, 11) is 0. The molecule has 4 nitrogen and oxygen atoms in total. The molecule has 1 atom stereocenters. The highest BCUT2D eigenvalue weighted by Crippen LogP contribution is 2.33. The van der Waals surface area contributed by atoms with Crippen LogP contribution in [-0.4, -0.2) is 17.1 Å². The van der Waals surface area contributed by atoms with Crippen LogP contribution in [0.25, 0.3) is 10.8 Å². The minimum Gasteiger partial charge on any atom is -0.481 e. The lowest BCUT2D eigenvalue weighted by molar-refractivity contribution is 0.265. The molecule has 0 bridgehead atoms. The van der Waals surface area contributed by atoms with Crippen LogP contribution in [0.2, 0.25) is 0 Å². The second kappa shape index (κ2) is 5.27. The number of rotatable bonds is 3. The summed E-state index contributed by atoms with van der Waals surface area (Å²) in [4.78, 5) is 0. The molecule has 0 aliphatic rings. The number of hydrogen-bond donors (Lipinski definition) is 2. The summed E-state index contributed by atoms with van der Waals surface area (Å²) in [5, 5.41) is 13.7. The van der Waals surface area contributed by atoms with E-state index >= 15 is 0 Å². The average molecular weight is 309 g/mol. The maximum absolute atomic E-state index is 8.60. The highest BCUT2D eigenvalue weighted by Gasteiger charge is 2.12. The lowest BCUT2D eigenvalue weighted by Gasteiger charge is -2.15. The number of nitrogens with two attached hydrogens (primary N) is 1. The van der Waals surface area contributed by atoms with Gasteiger partial charge >= 0.3 is 0 Å². The van der Waals surface area contributed by atoms with Crippen molar-refractivity contribution in [2.24, 2.45) is 10.9 Å². The maximum atomic E-state index is 8.60. The molecule has 18 heavy (non-hydrogen) atoms. The van der Waals surface area contributed by atoms with E-state index in [4.69, 9.17) is 15.7 Å². The molecule has 0 aromatic heterocycles. The molecule has 0 aliphatic heterocycles. The topological polar surface area (TPSA) is 67.8 Å². The zero-order valence-corrected chi connectivity index (χ0v) is 11.4. The van der Waals surface area contributed by atoms with E-state index in [1.54, 1.807) is 6.92 Å². The Labute approximate surface area is 113 Å². The van der Waals surface area contributed by atoms with Crippen molar-refractivity contribution >= 4 is 32.5 Å². The van der Waals surface area contributed by atoms with E-state index in [0.717, 1.165) is 15.2 Å². The van der Waals surface area contributed by atoms with Crippen LogP contribution in [0.5, 0.6) is 5.75 Å². The van der Waals surface area contributed by atoms with E-state index in [9.17, 15) is 0 Å². The Bertz CT molecular complexity index is 599. The number of hydrogen-bond acceptors (Lipinski definition) is 3. The van der Waals surface area contributed by atoms with Gasteiger partial charge in [-0.2, -0.15) is 0 Å². The van der Waals surface area contributed by atoms with Gasteiger partial charge in [0.1, 0.15) is 5.75 Å². The third-order valence-electron chi connectivity index (χ3n) is 2.66. The second-order valence-electron chi connectivity index (χ2n) is 3.88. The quantitative estimate of drug-likeness (QED) is 0.396. The van der Waals surface area contributed by atoms with Gasteiger partial charge in [0.2, 0.25) is 0 Å². The third kappa shape index (κ3) is 2.41. The number of amidine groups is 1. The molecule has 0 amide bonds. The van der Waals surface area contributed by atoms with Crippen molar-refractivity contribution in [2.75, 3.05) is 0 Å². The Morgan fingerprint density at radius 3 is 2.78 bits per heavy atom. The molecule has 5 heteroatoms. The van der Waals surface area contributed by atoms with E-state index in [2.05, 4.69) is 21.1 Å². The molecule has 1 unspecified atom stereocenters. The van der Waals surface area contributed by atoms with Crippen LogP contribution in [0.4, 0.5) is 0 Å². The fourth-order valence-electron chi connectivity index (χ4n) is 1.64. The average Bonchev–Trinajstić information content (AvgIpc) is 2.41. The van der Waals surface area contributed by atoms with Gasteiger partial charge in [0.25, 0.3) is 0 Å². The smallest absolute Gasteiger partial charge is 0.180 e. The zero-order chi connectivity index (χ0) is 13.1. The molecule has 0 fully saturated rings.